The van der Waals surface area contributed by atoms with E-state index in [9.17, 15) is 4.79 Å². The van der Waals surface area contributed by atoms with E-state index in [1.54, 1.807) is 10.9 Å². The lowest BCUT2D eigenvalue weighted by molar-refractivity contribution is 0.102. The number of nitrogens with zero attached hydrogens (tertiary/aromatic N) is 3. The van der Waals surface area contributed by atoms with Crippen molar-refractivity contribution in [2.75, 3.05) is 5.32 Å². The van der Waals surface area contributed by atoms with Crippen LogP contribution in [0.1, 0.15) is 15.2 Å². The first-order chi connectivity index (χ1) is 12.5. The van der Waals surface area contributed by atoms with E-state index in [0.29, 0.717) is 10.7 Å². The highest BCUT2D eigenvalue weighted by atomic mass is 79.9. The summed E-state index contributed by atoms with van der Waals surface area (Å²) in [7, 11) is 1.82. The van der Waals surface area contributed by atoms with E-state index in [4.69, 9.17) is 0 Å². The van der Waals surface area contributed by atoms with E-state index in [1.807, 2.05) is 56.4 Å². The van der Waals surface area contributed by atoms with Crippen LogP contribution in [0.15, 0.2) is 53.1 Å². The molecule has 0 aliphatic heterocycles. The molecule has 4 rings (SSSR count). The number of amides is 1. The van der Waals surface area contributed by atoms with Gasteiger partial charge in [-0.15, -0.1) is 11.3 Å². The first kappa shape index (κ1) is 16.9. The number of benzene rings is 1. The largest absolute Gasteiger partial charge is 0.306 e. The fourth-order valence-corrected chi connectivity index (χ4v) is 4.00. The lowest BCUT2D eigenvalue weighted by Gasteiger charge is -2.02. The zero-order valence-electron chi connectivity index (χ0n) is 14.2. The predicted octanol–water partition coefficient (Wildman–Crippen LogP) is 5.02. The van der Waals surface area contributed by atoms with Crippen molar-refractivity contribution >= 4 is 49.2 Å². The zero-order chi connectivity index (χ0) is 18.3. The molecule has 130 valence electrons. The van der Waals surface area contributed by atoms with Gasteiger partial charge in [-0.2, -0.15) is 5.10 Å². The van der Waals surface area contributed by atoms with Crippen molar-refractivity contribution in [1.82, 2.24) is 14.8 Å². The maximum Gasteiger partial charge on any atom is 0.266 e. The van der Waals surface area contributed by atoms with Gasteiger partial charge in [0.15, 0.2) is 0 Å². The number of rotatable bonds is 3. The van der Waals surface area contributed by atoms with Crippen LogP contribution >= 0.6 is 27.3 Å². The highest BCUT2D eigenvalue weighted by Gasteiger charge is 2.15. The third-order valence-corrected chi connectivity index (χ3v) is 5.60. The number of halogens is 1. The Morgan fingerprint density at radius 1 is 1.23 bits per heavy atom. The quantitative estimate of drug-likeness (QED) is 0.500. The summed E-state index contributed by atoms with van der Waals surface area (Å²) in [5, 5.41) is 8.42. The van der Waals surface area contributed by atoms with Crippen molar-refractivity contribution in [2.24, 2.45) is 7.05 Å². The molecular weight excluding hydrogens is 412 g/mol. The van der Waals surface area contributed by atoms with Crippen LogP contribution < -0.4 is 5.32 Å². The average Bonchev–Trinajstić information content (AvgIpc) is 3.19. The van der Waals surface area contributed by atoms with Crippen molar-refractivity contribution in [3.8, 4) is 11.3 Å². The topological polar surface area (TPSA) is 59.8 Å². The molecule has 7 heteroatoms. The highest BCUT2D eigenvalue weighted by Crippen LogP contribution is 2.28. The summed E-state index contributed by atoms with van der Waals surface area (Å²) >= 11 is 4.77. The Balaban J connectivity index is 1.62. The maximum atomic E-state index is 12.7. The monoisotopic (exact) mass is 426 g/mol. The number of aromatic nitrogens is 3. The molecule has 0 aliphatic rings. The number of carbonyl (C=O) groups excluding carboxylic acids is 1. The van der Waals surface area contributed by atoms with Crippen molar-refractivity contribution in [3.63, 3.8) is 0 Å². The number of anilines is 1. The Morgan fingerprint density at radius 2 is 2.04 bits per heavy atom. The van der Waals surface area contributed by atoms with Crippen LogP contribution in [0.25, 0.3) is 21.5 Å². The van der Waals surface area contributed by atoms with Crippen molar-refractivity contribution in [2.45, 2.75) is 6.92 Å². The molecule has 0 spiro atoms. The summed E-state index contributed by atoms with van der Waals surface area (Å²) < 4.78 is 2.58. The van der Waals surface area contributed by atoms with Gasteiger partial charge in [0.1, 0.15) is 10.6 Å². The first-order valence-corrected chi connectivity index (χ1v) is 9.59. The number of hydrogen-bond donors (Lipinski definition) is 1. The summed E-state index contributed by atoms with van der Waals surface area (Å²) in [5.41, 5.74) is 3.03. The molecule has 3 heterocycles. The molecule has 1 amide bonds. The third kappa shape index (κ3) is 3.15. The van der Waals surface area contributed by atoms with E-state index in [-0.39, 0.29) is 5.91 Å². The van der Waals surface area contributed by atoms with Gasteiger partial charge in [-0.3, -0.25) is 9.48 Å². The van der Waals surface area contributed by atoms with Crippen LogP contribution in [0.3, 0.4) is 0 Å². The fourth-order valence-electron chi connectivity index (χ4n) is 2.77. The van der Waals surface area contributed by atoms with Gasteiger partial charge < -0.3 is 5.32 Å². The lowest BCUT2D eigenvalue weighted by atomic mass is 10.1. The van der Waals surface area contributed by atoms with Gasteiger partial charge in [0.25, 0.3) is 5.91 Å². The second kappa shape index (κ2) is 6.66. The molecular formula is C19H15BrN4OS. The van der Waals surface area contributed by atoms with Gasteiger partial charge in [0.2, 0.25) is 0 Å². The van der Waals surface area contributed by atoms with E-state index in [1.165, 1.54) is 11.3 Å². The van der Waals surface area contributed by atoms with Crippen LogP contribution in [0.5, 0.6) is 0 Å². The molecule has 0 saturated heterocycles. The minimum absolute atomic E-state index is 0.163. The smallest absolute Gasteiger partial charge is 0.266 e. The lowest BCUT2D eigenvalue weighted by Crippen LogP contribution is -2.13. The number of carbonyl (C=O) groups is 1. The van der Waals surface area contributed by atoms with E-state index < -0.39 is 0 Å². The Hall–Kier alpha value is -2.51. The summed E-state index contributed by atoms with van der Waals surface area (Å²) in [6, 6.07) is 13.8. The molecule has 1 N–H and O–H groups in total. The minimum Gasteiger partial charge on any atom is -0.306 e. The SMILES string of the molecule is Cc1ccccc1-c1cc(NC(=O)c2cc3cc(Br)cnc3s2)n(C)n1. The molecule has 3 aromatic heterocycles. The van der Waals surface area contributed by atoms with Gasteiger partial charge in [-0.1, -0.05) is 24.3 Å². The number of aryl methyl sites for hydroxylation is 2. The zero-order valence-corrected chi connectivity index (χ0v) is 16.6. The molecule has 0 atom stereocenters. The van der Waals surface area contributed by atoms with Crippen LogP contribution in [0.2, 0.25) is 0 Å². The summed E-state index contributed by atoms with van der Waals surface area (Å²) in [4.78, 5) is 18.4. The van der Waals surface area contributed by atoms with Crippen LogP contribution in [0.4, 0.5) is 5.82 Å². The molecule has 0 saturated carbocycles. The van der Waals surface area contributed by atoms with Crippen molar-refractivity contribution < 1.29 is 4.79 Å². The second-order valence-corrected chi connectivity index (χ2v) is 7.91. The van der Waals surface area contributed by atoms with Crippen LogP contribution in [-0.4, -0.2) is 20.7 Å². The minimum atomic E-state index is -0.163. The summed E-state index contributed by atoms with van der Waals surface area (Å²) in [5.74, 6) is 0.489. The molecule has 1 aromatic carbocycles. The predicted molar refractivity (Wildman–Crippen MR) is 109 cm³/mol. The molecule has 4 aromatic rings. The first-order valence-electron chi connectivity index (χ1n) is 7.98. The molecule has 0 fully saturated rings. The highest BCUT2D eigenvalue weighted by molar-refractivity contribution is 9.10. The Labute approximate surface area is 162 Å². The second-order valence-electron chi connectivity index (χ2n) is 5.97. The maximum absolute atomic E-state index is 12.7. The van der Waals surface area contributed by atoms with Gasteiger partial charge in [-0.25, -0.2) is 4.98 Å². The summed E-state index contributed by atoms with van der Waals surface area (Å²) in [6.07, 6.45) is 1.73. The number of fused-ring (bicyclic) bond motifs is 1. The average molecular weight is 427 g/mol. The van der Waals surface area contributed by atoms with Gasteiger partial charge in [-0.05, 0) is 40.5 Å². The third-order valence-electron chi connectivity index (χ3n) is 4.10. The normalized spacial score (nSPS) is 11.0. The molecule has 0 unspecified atom stereocenters. The Morgan fingerprint density at radius 3 is 2.85 bits per heavy atom. The standard InChI is InChI=1S/C19H15BrN4OS/c1-11-5-3-4-6-14(11)15-9-17(24(2)23-15)22-18(25)16-8-12-7-13(20)10-21-19(12)26-16/h3-10H,1-2H3,(H,22,25). The molecule has 0 radical (unpaired) electrons. The number of thiophene rings is 1. The van der Waals surface area contributed by atoms with Gasteiger partial charge >= 0.3 is 0 Å². The van der Waals surface area contributed by atoms with Gasteiger partial charge in [0, 0.05) is 34.7 Å². The number of pyridine rings is 1. The van der Waals surface area contributed by atoms with Crippen molar-refractivity contribution in [1.29, 1.82) is 0 Å². The number of hydrogen-bond acceptors (Lipinski definition) is 4. The van der Waals surface area contributed by atoms with Crippen molar-refractivity contribution in [3.05, 3.63) is 63.6 Å². The van der Waals surface area contributed by atoms with E-state index in [2.05, 4.69) is 31.3 Å². The molecule has 0 aliphatic carbocycles. The van der Waals surface area contributed by atoms with Crippen LogP contribution in [0, 0.1) is 6.92 Å². The molecule has 5 nitrogen and oxygen atoms in total. The van der Waals surface area contributed by atoms with Gasteiger partial charge in [0.05, 0.1) is 10.6 Å². The summed E-state index contributed by atoms with van der Waals surface area (Å²) in [6.45, 7) is 2.05. The fraction of sp³-hybridized carbons (Fsp3) is 0.105. The molecule has 26 heavy (non-hydrogen) atoms. The van der Waals surface area contributed by atoms with Crippen LogP contribution in [-0.2, 0) is 7.05 Å². The van der Waals surface area contributed by atoms with E-state index >= 15 is 0 Å². The number of nitrogens with one attached hydrogen (secondary N) is 1. The Kier molecular flexibility index (Phi) is 4.34. The molecule has 0 bridgehead atoms. The van der Waals surface area contributed by atoms with E-state index in [0.717, 1.165) is 31.5 Å². The Bertz CT molecular complexity index is 1130.